The Labute approximate surface area is 132 Å². The van der Waals surface area contributed by atoms with E-state index in [1.807, 2.05) is 37.3 Å². The number of amides is 1. The third-order valence-corrected chi connectivity index (χ3v) is 4.07. The molecule has 0 unspecified atom stereocenters. The highest BCUT2D eigenvalue weighted by atomic mass is 16.3. The first kappa shape index (κ1) is 13.8. The molecule has 0 aromatic carbocycles. The molecule has 3 aromatic rings. The number of hydrogen-bond donors (Lipinski definition) is 2. The number of pyridine rings is 1. The molecule has 0 bridgehead atoms. The summed E-state index contributed by atoms with van der Waals surface area (Å²) in [4.78, 5) is 16.8. The Morgan fingerprint density at radius 3 is 2.83 bits per heavy atom. The van der Waals surface area contributed by atoms with Crippen molar-refractivity contribution in [1.82, 2.24) is 20.5 Å². The van der Waals surface area contributed by atoms with E-state index in [0.29, 0.717) is 17.1 Å². The van der Waals surface area contributed by atoms with Crippen molar-refractivity contribution in [2.75, 3.05) is 0 Å². The molecule has 3 heterocycles. The molecular formula is C17H16N4O2. The van der Waals surface area contributed by atoms with Gasteiger partial charge in [0.2, 0.25) is 0 Å². The van der Waals surface area contributed by atoms with Gasteiger partial charge in [-0.1, -0.05) is 6.07 Å². The lowest BCUT2D eigenvalue weighted by Crippen LogP contribution is -2.35. The van der Waals surface area contributed by atoms with E-state index in [1.54, 1.807) is 12.3 Å². The van der Waals surface area contributed by atoms with Gasteiger partial charge in [-0.05, 0) is 44.0 Å². The topological polar surface area (TPSA) is 83.8 Å². The predicted molar refractivity (Wildman–Crippen MR) is 83.6 cm³/mol. The number of rotatable bonds is 4. The van der Waals surface area contributed by atoms with E-state index in [4.69, 9.17) is 4.42 Å². The van der Waals surface area contributed by atoms with Crippen LogP contribution < -0.4 is 5.32 Å². The number of carbonyl (C=O) groups excluding carboxylic acids is 1. The van der Waals surface area contributed by atoms with Gasteiger partial charge in [0.15, 0.2) is 11.5 Å². The minimum absolute atomic E-state index is 0.209. The predicted octanol–water partition coefficient (Wildman–Crippen LogP) is 2.79. The van der Waals surface area contributed by atoms with Crippen LogP contribution in [0, 0.1) is 6.92 Å². The van der Waals surface area contributed by atoms with E-state index in [0.717, 1.165) is 24.3 Å². The van der Waals surface area contributed by atoms with Crippen molar-refractivity contribution >= 4 is 5.91 Å². The number of H-pyrrole nitrogens is 1. The molecule has 116 valence electrons. The van der Waals surface area contributed by atoms with Crippen LogP contribution in [-0.4, -0.2) is 21.1 Å². The van der Waals surface area contributed by atoms with Gasteiger partial charge in [0.05, 0.1) is 11.2 Å². The van der Waals surface area contributed by atoms with Gasteiger partial charge < -0.3 is 9.73 Å². The van der Waals surface area contributed by atoms with Gasteiger partial charge in [-0.2, -0.15) is 5.10 Å². The number of nitrogens with zero attached hydrogens (tertiary/aromatic N) is 2. The van der Waals surface area contributed by atoms with Crippen LogP contribution in [0.3, 0.4) is 0 Å². The molecule has 0 atom stereocenters. The molecule has 0 aliphatic heterocycles. The Morgan fingerprint density at radius 2 is 2.17 bits per heavy atom. The highest BCUT2D eigenvalue weighted by molar-refractivity contribution is 5.94. The SMILES string of the molecule is Cc1ccc(-c2cc(C(=O)NC3(c4ccccn4)CC3)n[nH]2)o1. The second kappa shape index (κ2) is 5.08. The van der Waals surface area contributed by atoms with E-state index < -0.39 is 0 Å². The molecule has 1 saturated carbocycles. The minimum Gasteiger partial charge on any atom is -0.460 e. The number of nitrogens with one attached hydrogen (secondary N) is 2. The maximum atomic E-state index is 12.5. The monoisotopic (exact) mass is 308 g/mol. The van der Waals surface area contributed by atoms with E-state index >= 15 is 0 Å². The van der Waals surface area contributed by atoms with E-state index in [9.17, 15) is 4.79 Å². The van der Waals surface area contributed by atoms with Gasteiger partial charge in [-0.25, -0.2) is 0 Å². The average molecular weight is 308 g/mol. The summed E-state index contributed by atoms with van der Waals surface area (Å²) in [7, 11) is 0. The number of aromatic amines is 1. The zero-order chi connectivity index (χ0) is 15.9. The van der Waals surface area contributed by atoms with Crippen molar-refractivity contribution in [3.8, 4) is 11.5 Å². The molecule has 2 N–H and O–H groups in total. The standard InChI is InChI=1S/C17H16N4O2/c1-11-5-6-14(23-11)12-10-13(21-20-12)16(22)19-17(7-8-17)15-4-2-3-9-18-15/h2-6,9-10H,7-8H2,1H3,(H,19,22)(H,20,21). The summed E-state index contributed by atoms with van der Waals surface area (Å²) >= 11 is 0. The number of carbonyl (C=O) groups is 1. The van der Waals surface area contributed by atoms with Crippen LogP contribution >= 0.6 is 0 Å². The fourth-order valence-corrected chi connectivity index (χ4v) is 2.64. The van der Waals surface area contributed by atoms with E-state index in [-0.39, 0.29) is 11.4 Å². The number of hydrogen-bond acceptors (Lipinski definition) is 4. The lowest BCUT2D eigenvalue weighted by Gasteiger charge is -2.15. The molecule has 23 heavy (non-hydrogen) atoms. The molecule has 6 heteroatoms. The Hall–Kier alpha value is -2.89. The Morgan fingerprint density at radius 1 is 1.30 bits per heavy atom. The summed E-state index contributed by atoms with van der Waals surface area (Å²) in [6.07, 6.45) is 3.53. The quantitative estimate of drug-likeness (QED) is 0.776. The first-order chi connectivity index (χ1) is 11.2. The second-order valence-corrected chi connectivity index (χ2v) is 5.83. The molecule has 6 nitrogen and oxygen atoms in total. The number of aryl methyl sites for hydroxylation is 1. The largest absolute Gasteiger partial charge is 0.460 e. The zero-order valence-electron chi connectivity index (χ0n) is 12.7. The van der Waals surface area contributed by atoms with Crippen LogP contribution in [0.15, 0.2) is 47.0 Å². The normalized spacial score (nSPS) is 15.3. The fourth-order valence-electron chi connectivity index (χ4n) is 2.64. The summed E-state index contributed by atoms with van der Waals surface area (Å²) in [5, 5.41) is 9.99. The van der Waals surface area contributed by atoms with Gasteiger partial charge in [0.25, 0.3) is 5.91 Å². The highest BCUT2D eigenvalue weighted by Crippen LogP contribution is 2.44. The Balaban J connectivity index is 1.53. The molecule has 0 spiro atoms. The van der Waals surface area contributed by atoms with Crippen molar-refractivity contribution in [2.45, 2.75) is 25.3 Å². The molecule has 0 saturated heterocycles. The van der Waals surface area contributed by atoms with Gasteiger partial charge in [-0.3, -0.25) is 14.9 Å². The van der Waals surface area contributed by atoms with Crippen molar-refractivity contribution in [2.24, 2.45) is 0 Å². The van der Waals surface area contributed by atoms with Crippen molar-refractivity contribution in [3.63, 3.8) is 0 Å². The van der Waals surface area contributed by atoms with E-state index in [1.165, 1.54) is 0 Å². The minimum atomic E-state index is -0.348. The Bertz CT molecular complexity index is 846. The summed E-state index contributed by atoms with van der Waals surface area (Å²) in [6, 6.07) is 11.2. The van der Waals surface area contributed by atoms with Gasteiger partial charge in [-0.15, -0.1) is 0 Å². The van der Waals surface area contributed by atoms with Crippen LogP contribution in [0.2, 0.25) is 0 Å². The van der Waals surface area contributed by atoms with Crippen LogP contribution in [0.4, 0.5) is 0 Å². The molecule has 1 aliphatic carbocycles. The zero-order valence-corrected chi connectivity index (χ0v) is 12.7. The third kappa shape index (κ3) is 2.52. The highest BCUT2D eigenvalue weighted by Gasteiger charge is 2.47. The molecule has 4 rings (SSSR count). The number of aromatic nitrogens is 3. The van der Waals surface area contributed by atoms with Crippen molar-refractivity contribution < 1.29 is 9.21 Å². The lowest BCUT2D eigenvalue weighted by atomic mass is 10.1. The molecule has 1 fully saturated rings. The first-order valence-electron chi connectivity index (χ1n) is 7.53. The molecule has 1 aliphatic rings. The molecule has 3 aromatic heterocycles. The van der Waals surface area contributed by atoms with Crippen LogP contribution in [0.1, 0.15) is 34.8 Å². The van der Waals surface area contributed by atoms with Gasteiger partial charge in [0, 0.05) is 12.3 Å². The molecular weight excluding hydrogens is 292 g/mol. The van der Waals surface area contributed by atoms with Crippen molar-refractivity contribution in [3.05, 3.63) is 59.7 Å². The van der Waals surface area contributed by atoms with Crippen LogP contribution in [0.25, 0.3) is 11.5 Å². The average Bonchev–Trinajstić information content (AvgIpc) is 2.99. The summed E-state index contributed by atoms with van der Waals surface area (Å²) < 4.78 is 5.53. The molecule has 0 radical (unpaired) electrons. The van der Waals surface area contributed by atoms with Crippen LogP contribution in [0.5, 0.6) is 0 Å². The van der Waals surface area contributed by atoms with Gasteiger partial charge in [0.1, 0.15) is 11.5 Å². The third-order valence-electron chi connectivity index (χ3n) is 4.07. The maximum absolute atomic E-state index is 12.5. The van der Waals surface area contributed by atoms with Gasteiger partial charge >= 0.3 is 0 Å². The lowest BCUT2D eigenvalue weighted by molar-refractivity contribution is 0.0924. The molecule has 1 amide bonds. The van der Waals surface area contributed by atoms with Crippen LogP contribution in [-0.2, 0) is 5.54 Å². The maximum Gasteiger partial charge on any atom is 0.272 e. The Kier molecular flexibility index (Phi) is 3.04. The smallest absolute Gasteiger partial charge is 0.272 e. The summed E-state index contributed by atoms with van der Waals surface area (Å²) in [6.45, 7) is 1.87. The second-order valence-electron chi connectivity index (χ2n) is 5.83. The van der Waals surface area contributed by atoms with E-state index in [2.05, 4.69) is 20.5 Å². The fraction of sp³-hybridized carbons (Fsp3) is 0.235. The van der Waals surface area contributed by atoms with Crippen molar-refractivity contribution in [1.29, 1.82) is 0 Å². The summed E-state index contributed by atoms with van der Waals surface area (Å²) in [5.41, 5.74) is 1.58. The summed E-state index contributed by atoms with van der Waals surface area (Å²) in [5.74, 6) is 1.27. The first-order valence-corrected chi connectivity index (χ1v) is 7.53. The number of furan rings is 1.